The molecule has 1 rings (SSSR count). The van der Waals surface area contributed by atoms with Gasteiger partial charge in [0.2, 0.25) is 5.91 Å². The van der Waals surface area contributed by atoms with Crippen LogP contribution in [0, 0.1) is 13.8 Å². The number of hydrogen-bond acceptors (Lipinski definition) is 4. The van der Waals surface area contributed by atoms with Crippen LogP contribution in [0.5, 0.6) is 5.75 Å². The van der Waals surface area contributed by atoms with E-state index >= 15 is 0 Å². The van der Waals surface area contributed by atoms with E-state index < -0.39 is 26.2 Å². The van der Waals surface area contributed by atoms with E-state index in [1.54, 1.807) is 13.8 Å². The van der Waals surface area contributed by atoms with Crippen LogP contribution in [0.3, 0.4) is 0 Å². The third kappa shape index (κ3) is 5.02. The minimum absolute atomic E-state index is 0.268. The Balaban J connectivity index is 2.46. The summed E-state index contributed by atoms with van der Waals surface area (Å²) in [6, 6.07) is 5.88. The van der Waals surface area contributed by atoms with Crippen molar-refractivity contribution >= 4 is 15.7 Å². The van der Waals surface area contributed by atoms with E-state index in [2.05, 4.69) is 5.32 Å². The van der Waals surface area contributed by atoms with Crippen molar-refractivity contribution < 1.29 is 17.9 Å². The molecule has 0 heterocycles. The van der Waals surface area contributed by atoms with E-state index in [-0.39, 0.29) is 6.54 Å². The number of carbonyl (C=O) groups is 1. The molecule has 0 fully saturated rings. The van der Waals surface area contributed by atoms with Crippen LogP contribution < -0.4 is 10.1 Å². The zero-order chi connectivity index (χ0) is 16.9. The molecule has 0 saturated heterocycles. The standard InChI is InChI=1S/C16H25NO4S/c1-11(2)22(19,20)14(5)16(18)17-6-7-21-15-9-12(3)8-13(4)10-15/h8-11,14H,6-7H2,1-5H3,(H,17,18)/t14-/m1/s1. The number of nitrogens with one attached hydrogen (secondary N) is 1. The third-order valence-corrected chi connectivity index (χ3v) is 5.90. The van der Waals surface area contributed by atoms with Crippen molar-refractivity contribution in [1.82, 2.24) is 5.32 Å². The summed E-state index contributed by atoms with van der Waals surface area (Å²) in [7, 11) is -3.43. The van der Waals surface area contributed by atoms with Crippen LogP contribution in [-0.4, -0.2) is 38.0 Å². The molecule has 0 spiro atoms. The molecule has 0 bridgehead atoms. The largest absolute Gasteiger partial charge is 0.492 e. The minimum Gasteiger partial charge on any atom is -0.492 e. The second-order valence-corrected chi connectivity index (χ2v) is 8.57. The number of aryl methyl sites for hydroxylation is 2. The summed E-state index contributed by atoms with van der Waals surface area (Å²) in [6.45, 7) is 9.09. The van der Waals surface area contributed by atoms with E-state index in [1.165, 1.54) is 6.92 Å². The van der Waals surface area contributed by atoms with Crippen molar-refractivity contribution in [2.45, 2.75) is 45.1 Å². The van der Waals surface area contributed by atoms with Gasteiger partial charge in [-0.2, -0.15) is 0 Å². The molecule has 0 aliphatic heterocycles. The highest BCUT2D eigenvalue weighted by molar-refractivity contribution is 7.93. The van der Waals surface area contributed by atoms with Gasteiger partial charge in [-0.3, -0.25) is 4.79 Å². The molecule has 0 radical (unpaired) electrons. The Labute approximate surface area is 133 Å². The zero-order valence-electron chi connectivity index (χ0n) is 13.8. The summed E-state index contributed by atoms with van der Waals surface area (Å²) in [5.41, 5.74) is 2.21. The predicted molar refractivity (Wildman–Crippen MR) is 87.9 cm³/mol. The molecule has 0 unspecified atom stereocenters. The molecule has 1 N–H and O–H groups in total. The molecule has 0 aliphatic carbocycles. The quantitative estimate of drug-likeness (QED) is 0.778. The molecular formula is C16H25NO4S. The lowest BCUT2D eigenvalue weighted by Gasteiger charge is -2.16. The Hall–Kier alpha value is -1.56. The molecular weight excluding hydrogens is 302 g/mol. The van der Waals surface area contributed by atoms with Crippen LogP contribution in [0.4, 0.5) is 0 Å². The Kier molecular flexibility index (Phi) is 6.41. The highest BCUT2D eigenvalue weighted by Gasteiger charge is 2.30. The molecule has 1 aromatic rings. The molecule has 1 amide bonds. The number of ether oxygens (including phenoxy) is 1. The smallest absolute Gasteiger partial charge is 0.238 e. The van der Waals surface area contributed by atoms with Gasteiger partial charge in [0.05, 0.1) is 11.8 Å². The van der Waals surface area contributed by atoms with Crippen LogP contribution in [-0.2, 0) is 14.6 Å². The van der Waals surface area contributed by atoms with Gasteiger partial charge in [-0.15, -0.1) is 0 Å². The summed E-state index contributed by atoms with van der Waals surface area (Å²) >= 11 is 0. The Morgan fingerprint density at radius 2 is 1.68 bits per heavy atom. The minimum atomic E-state index is -3.43. The molecule has 22 heavy (non-hydrogen) atoms. The van der Waals surface area contributed by atoms with Gasteiger partial charge in [-0.05, 0) is 57.9 Å². The zero-order valence-corrected chi connectivity index (χ0v) is 14.7. The second kappa shape index (κ2) is 7.63. The van der Waals surface area contributed by atoms with Gasteiger partial charge >= 0.3 is 0 Å². The second-order valence-electron chi connectivity index (χ2n) is 5.74. The number of sulfone groups is 1. The molecule has 0 saturated carbocycles. The summed E-state index contributed by atoms with van der Waals surface area (Å²) in [5, 5.41) is 0.983. The summed E-state index contributed by atoms with van der Waals surface area (Å²) in [4.78, 5) is 11.9. The van der Waals surface area contributed by atoms with Gasteiger partial charge in [0.25, 0.3) is 0 Å². The Morgan fingerprint density at radius 1 is 1.14 bits per heavy atom. The average molecular weight is 327 g/mol. The van der Waals surface area contributed by atoms with Gasteiger partial charge in [0, 0.05) is 0 Å². The fraction of sp³-hybridized carbons (Fsp3) is 0.562. The first-order chi connectivity index (χ1) is 10.1. The Morgan fingerprint density at radius 3 is 2.18 bits per heavy atom. The molecule has 6 heteroatoms. The Bertz CT molecular complexity index is 603. The number of rotatable bonds is 7. The van der Waals surface area contributed by atoms with E-state index in [4.69, 9.17) is 4.74 Å². The number of carbonyl (C=O) groups excluding carboxylic acids is 1. The van der Waals surface area contributed by atoms with Crippen molar-refractivity contribution in [3.63, 3.8) is 0 Å². The van der Waals surface area contributed by atoms with E-state index in [0.29, 0.717) is 6.61 Å². The molecule has 5 nitrogen and oxygen atoms in total. The number of benzene rings is 1. The van der Waals surface area contributed by atoms with Crippen molar-refractivity contribution in [3.8, 4) is 5.75 Å². The van der Waals surface area contributed by atoms with Gasteiger partial charge < -0.3 is 10.1 Å². The van der Waals surface area contributed by atoms with Crippen LogP contribution in [0.2, 0.25) is 0 Å². The van der Waals surface area contributed by atoms with E-state index in [9.17, 15) is 13.2 Å². The van der Waals surface area contributed by atoms with Crippen LogP contribution in [0.25, 0.3) is 0 Å². The average Bonchev–Trinajstić information content (AvgIpc) is 2.41. The number of amides is 1. The lowest BCUT2D eigenvalue weighted by Crippen LogP contribution is -2.42. The number of hydrogen-bond donors (Lipinski definition) is 1. The SMILES string of the molecule is Cc1cc(C)cc(OCCNC(=O)[C@@H](C)S(=O)(=O)C(C)C)c1. The molecule has 1 aromatic carbocycles. The fourth-order valence-electron chi connectivity index (χ4n) is 2.06. The van der Waals surface area contributed by atoms with Gasteiger partial charge in [-0.25, -0.2) is 8.42 Å². The van der Waals surface area contributed by atoms with Gasteiger partial charge in [0.1, 0.15) is 17.6 Å². The topological polar surface area (TPSA) is 72.5 Å². The highest BCUT2D eigenvalue weighted by Crippen LogP contribution is 2.15. The van der Waals surface area contributed by atoms with Crippen LogP contribution in [0.15, 0.2) is 18.2 Å². The van der Waals surface area contributed by atoms with Crippen molar-refractivity contribution in [2.24, 2.45) is 0 Å². The summed E-state index contributed by atoms with van der Waals surface area (Å²) < 4.78 is 29.4. The first-order valence-electron chi connectivity index (χ1n) is 7.36. The maximum atomic E-state index is 11.9. The van der Waals surface area contributed by atoms with E-state index in [0.717, 1.165) is 16.9 Å². The van der Waals surface area contributed by atoms with Gasteiger partial charge in [-0.1, -0.05) is 6.07 Å². The third-order valence-electron chi connectivity index (χ3n) is 3.38. The molecule has 0 aliphatic rings. The van der Waals surface area contributed by atoms with Crippen molar-refractivity contribution in [2.75, 3.05) is 13.2 Å². The lowest BCUT2D eigenvalue weighted by molar-refractivity contribution is -0.120. The first-order valence-corrected chi connectivity index (χ1v) is 8.97. The lowest BCUT2D eigenvalue weighted by atomic mass is 10.1. The highest BCUT2D eigenvalue weighted by atomic mass is 32.2. The predicted octanol–water partition coefficient (Wildman–Crippen LogP) is 2.01. The van der Waals surface area contributed by atoms with Crippen molar-refractivity contribution in [1.29, 1.82) is 0 Å². The fourth-order valence-corrected chi connectivity index (χ4v) is 3.26. The molecule has 124 valence electrons. The molecule has 1 atom stereocenters. The maximum Gasteiger partial charge on any atom is 0.238 e. The summed E-state index contributed by atoms with van der Waals surface area (Å²) in [6.07, 6.45) is 0. The first kappa shape index (κ1) is 18.5. The van der Waals surface area contributed by atoms with E-state index in [1.807, 2.05) is 32.0 Å². The molecule has 0 aromatic heterocycles. The summed E-state index contributed by atoms with van der Waals surface area (Å²) in [5.74, 6) is 0.257. The van der Waals surface area contributed by atoms with Crippen LogP contribution in [0.1, 0.15) is 31.9 Å². The monoisotopic (exact) mass is 327 g/mol. The maximum absolute atomic E-state index is 11.9. The van der Waals surface area contributed by atoms with Crippen molar-refractivity contribution in [3.05, 3.63) is 29.3 Å². The normalized spacial score (nSPS) is 13.0. The van der Waals surface area contributed by atoms with Crippen LogP contribution >= 0.6 is 0 Å². The van der Waals surface area contributed by atoms with Gasteiger partial charge in [0.15, 0.2) is 9.84 Å².